The third kappa shape index (κ3) is 4.55. The molecule has 9 heteroatoms. The molecule has 0 spiro atoms. The predicted octanol–water partition coefficient (Wildman–Crippen LogP) is 5.30. The number of aromatic nitrogens is 2. The summed E-state index contributed by atoms with van der Waals surface area (Å²) in [5.41, 5.74) is 0.517. The molecule has 5 nitrogen and oxygen atoms in total. The summed E-state index contributed by atoms with van der Waals surface area (Å²) in [4.78, 5) is 20.0. The molecule has 0 saturated heterocycles. The zero-order valence-corrected chi connectivity index (χ0v) is 15.7. The number of benzene rings is 1. The van der Waals surface area contributed by atoms with Crippen LogP contribution in [0.2, 0.25) is 5.02 Å². The van der Waals surface area contributed by atoms with E-state index in [1.54, 1.807) is 24.3 Å². The number of aryl methyl sites for hydroxylation is 1. The van der Waals surface area contributed by atoms with Crippen molar-refractivity contribution in [2.75, 3.05) is 0 Å². The van der Waals surface area contributed by atoms with E-state index in [0.29, 0.717) is 23.4 Å². The number of aromatic carboxylic acids is 1. The lowest BCUT2D eigenvalue weighted by atomic mass is 9.87. The van der Waals surface area contributed by atoms with Gasteiger partial charge in [0.25, 0.3) is 0 Å². The van der Waals surface area contributed by atoms with Crippen LogP contribution in [0.1, 0.15) is 41.7 Å². The zero-order valence-electron chi connectivity index (χ0n) is 15.0. The van der Waals surface area contributed by atoms with Crippen LogP contribution in [-0.2, 0) is 0 Å². The minimum absolute atomic E-state index is 0.0496. The molecule has 2 aromatic rings. The summed E-state index contributed by atoms with van der Waals surface area (Å²) in [6.45, 7) is 1.50. The minimum Gasteiger partial charge on any atom is -0.477 e. The maximum atomic E-state index is 13.1. The van der Waals surface area contributed by atoms with Gasteiger partial charge in [0.1, 0.15) is 11.7 Å². The van der Waals surface area contributed by atoms with Gasteiger partial charge in [0, 0.05) is 10.6 Å². The van der Waals surface area contributed by atoms with Crippen molar-refractivity contribution in [1.82, 2.24) is 9.97 Å². The van der Waals surface area contributed by atoms with Gasteiger partial charge < -0.3 is 9.84 Å². The predicted molar refractivity (Wildman–Crippen MR) is 96.6 cm³/mol. The second-order valence-electron chi connectivity index (χ2n) is 6.77. The number of rotatable bonds is 4. The fraction of sp³-hybridized carbons (Fsp3) is 0.421. The number of nitrogens with zero attached hydrogens (tertiary/aromatic N) is 2. The van der Waals surface area contributed by atoms with Crippen molar-refractivity contribution in [2.24, 2.45) is 5.92 Å². The number of alkyl halides is 3. The summed E-state index contributed by atoms with van der Waals surface area (Å²) in [6, 6.07) is 6.61. The maximum absolute atomic E-state index is 13.1. The molecule has 150 valence electrons. The number of carboxylic acids is 1. The normalized spacial score (nSPS) is 20.0. The van der Waals surface area contributed by atoms with E-state index in [0.717, 1.165) is 0 Å². The Kier molecular flexibility index (Phi) is 5.79. The Morgan fingerprint density at radius 1 is 1.21 bits per heavy atom. The lowest BCUT2D eigenvalue weighted by Crippen LogP contribution is -2.34. The van der Waals surface area contributed by atoms with E-state index < -0.39 is 24.2 Å². The zero-order chi connectivity index (χ0) is 20.5. The van der Waals surface area contributed by atoms with Crippen molar-refractivity contribution in [3.63, 3.8) is 0 Å². The van der Waals surface area contributed by atoms with Crippen LogP contribution in [0.25, 0.3) is 11.4 Å². The highest BCUT2D eigenvalue weighted by Crippen LogP contribution is 2.39. The fourth-order valence-corrected chi connectivity index (χ4v) is 3.44. The summed E-state index contributed by atoms with van der Waals surface area (Å²) >= 11 is 5.87. The quantitative estimate of drug-likeness (QED) is 0.734. The van der Waals surface area contributed by atoms with E-state index in [1.165, 1.54) is 6.92 Å². The van der Waals surface area contributed by atoms with E-state index in [4.69, 9.17) is 16.3 Å². The van der Waals surface area contributed by atoms with Gasteiger partial charge in [-0.05, 0) is 56.9 Å². The Morgan fingerprint density at radius 2 is 1.89 bits per heavy atom. The molecule has 28 heavy (non-hydrogen) atoms. The largest absolute Gasteiger partial charge is 0.477 e. The van der Waals surface area contributed by atoms with Crippen LogP contribution in [-0.4, -0.2) is 33.3 Å². The van der Waals surface area contributed by atoms with Crippen LogP contribution in [0.15, 0.2) is 24.3 Å². The monoisotopic (exact) mass is 414 g/mol. The van der Waals surface area contributed by atoms with Gasteiger partial charge >= 0.3 is 12.1 Å². The minimum atomic E-state index is -4.30. The second kappa shape index (κ2) is 7.95. The number of hydrogen-bond acceptors (Lipinski definition) is 4. The molecule has 1 N–H and O–H groups in total. The SMILES string of the molecule is Cc1nc(-c2ccc(Cl)cc2)nc(OC2CCCC(C(F)(F)F)C2)c1C(=O)O. The van der Waals surface area contributed by atoms with E-state index in [2.05, 4.69) is 9.97 Å². The van der Waals surface area contributed by atoms with Crippen molar-refractivity contribution in [3.05, 3.63) is 40.5 Å². The van der Waals surface area contributed by atoms with Crippen molar-refractivity contribution in [3.8, 4) is 17.3 Å². The van der Waals surface area contributed by atoms with Crippen LogP contribution in [0.5, 0.6) is 5.88 Å². The molecular weight excluding hydrogens is 397 g/mol. The van der Waals surface area contributed by atoms with E-state index in [9.17, 15) is 23.1 Å². The topological polar surface area (TPSA) is 72.3 Å². The summed E-state index contributed by atoms with van der Waals surface area (Å²) in [7, 11) is 0. The van der Waals surface area contributed by atoms with Gasteiger partial charge in [0.15, 0.2) is 5.82 Å². The van der Waals surface area contributed by atoms with Crippen molar-refractivity contribution < 1.29 is 27.8 Å². The van der Waals surface area contributed by atoms with Gasteiger partial charge in [0.2, 0.25) is 5.88 Å². The lowest BCUT2D eigenvalue weighted by Gasteiger charge is -2.30. The average molecular weight is 415 g/mol. The Hall–Kier alpha value is -2.35. The van der Waals surface area contributed by atoms with Crippen LogP contribution < -0.4 is 4.74 Å². The van der Waals surface area contributed by atoms with E-state index in [-0.39, 0.29) is 35.8 Å². The first kappa shape index (κ1) is 20.4. The van der Waals surface area contributed by atoms with Crippen LogP contribution in [0.3, 0.4) is 0 Å². The smallest absolute Gasteiger partial charge is 0.391 e. The first-order valence-electron chi connectivity index (χ1n) is 8.76. The Balaban J connectivity index is 1.94. The number of carboxylic acid groups (broad SMARTS) is 1. The van der Waals surface area contributed by atoms with Crippen LogP contribution in [0, 0.1) is 12.8 Å². The Bertz CT molecular complexity index is 872. The summed E-state index contributed by atoms with van der Waals surface area (Å²) in [5.74, 6) is -2.74. The number of halogens is 4. The highest BCUT2D eigenvalue weighted by atomic mass is 35.5. The highest BCUT2D eigenvalue weighted by molar-refractivity contribution is 6.30. The van der Waals surface area contributed by atoms with Gasteiger partial charge in [-0.2, -0.15) is 18.2 Å². The van der Waals surface area contributed by atoms with Crippen molar-refractivity contribution in [1.29, 1.82) is 0 Å². The molecule has 0 bridgehead atoms. The van der Waals surface area contributed by atoms with Crippen LogP contribution in [0.4, 0.5) is 13.2 Å². The van der Waals surface area contributed by atoms with E-state index in [1.807, 2.05) is 0 Å². The molecule has 1 aromatic heterocycles. The second-order valence-corrected chi connectivity index (χ2v) is 7.21. The molecule has 1 fully saturated rings. The van der Waals surface area contributed by atoms with Crippen molar-refractivity contribution >= 4 is 17.6 Å². The molecule has 2 atom stereocenters. The standard InChI is InChI=1S/C19H18ClF3N2O3/c1-10-15(18(26)27)17(25-16(24-10)11-5-7-13(20)8-6-11)28-14-4-2-3-12(9-14)19(21,22)23/h5-8,12,14H,2-4,9H2,1H3,(H,26,27). The third-order valence-corrected chi connectivity index (χ3v) is 4.99. The van der Waals surface area contributed by atoms with Gasteiger partial charge in [-0.1, -0.05) is 11.6 Å². The molecule has 0 aliphatic heterocycles. The summed E-state index contributed by atoms with van der Waals surface area (Å²) in [5, 5.41) is 10.0. The first-order valence-corrected chi connectivity index (χ1v) is 9.14. The molecular formula is C19H18ClF3N2O3. The lowest BCUT2D eigenvalue weighted by molar-refractivity contribution is -0.188. The van der Waals surface area contributed by atoms with Gasteiger partial charge in [-0.15, -0.1) is 0 Å². The number of ether oxygens (including phenoxy) is 1. The van der Waals surface area contributed by atoms with Gasteiger partial charge in [-0.25, -0.2) is 9.78 Å². The Labute approximate surface area is 164 Å². The molecule has 2 unspecified atom stereocenters. The molecule has 1 aliphatic rings. The average Bonchev–Trinajstić information content (AvgIpc) is 2.61. The molecule has 1 heterocycles. The van der Waals surface area contributed by atoms with E-state index >= 15 is 0 Å². The molecule has 3 rings (SSSR count). The summed E-state index contributed by atoms with van der Waals surface area (Å²) < 4.78 is 44.9. The first-order chi connectivity index (χ1) is 13.1. The molecule has 1 aromatic carbocycles. The fourth-order valence-electron chi connectivity index (χ4n) is 3.31. The molecule has 0 radical (unpaired) electrons. The Morgan fingerprint density at radius 3 is 2.50 bits per heavy atom. The molecule has 1 aliphatic carbocycles. The van der Waals surface area contributed by atoms with Crippen molar-refractivity contribution in [2.45, 2.75) is 44.9 Å². The maximum Gasteiger partial charge on any atom is 0.391 e. The highest BCUT2D eigenvalue weighted by Gasteiger charge is 2.43. The summed E-state index contributed by atoms with van der Waals surface area (Å²) in [6.07, 6.45) is -4.47. The van der Waals surface area contributed by atoms with Gasteiger partial charge in [-0.3, -0.25) is 0 Å². The molecule has 1 saturated carbocycles. The van der Waals surface area contributed by atoms with Gasteiger partial charge in [0.05, 0.1) is 11.6 Å². The third-order valence-electron chi connectivity index (χ3n) is 4.74. The number of carbonyl (C=O) groups is 1. The molecule has 0 amide bonds. The van der Waals surface area contributed by atoms with Crippen LogP contribution >= 0.6 is 11.6 Å². The number of hydrogen-bond donors (Lipinski definition) is 1.